The Morgan fingerprint density at radius 1 is 0.909 bits per heavy atom. The molecule has 0 fully saturated rings. The molecule has 0 saturated carbocycles. The molecular weight excluding hydrogens is 309 g/mol. The Balaban J connectivity index is 2.27. The number of benzene rings is 2. The molecule has 2 aromatic rings. The van der Waals surface area contributed by atoms with Crippen LogP contribution in [-0.4, -0.2) is 5.12 Å². The van der Waals surface area contributed by atoms with Crippen LogP contribution in [0, 0.1) is 20.8 Å². The first-order valence-corrected chi connectivity index (χ1v) is 7.47. The molecule has 0 N–H and O–H groups in total. The molecule has 116 valence electrons. The fourth-order valence-electron chi connectivity index (χ4n) is 2.00. The molecule has 0 radical (unpaired) electrons. The molecule has 0 heterocycles. The monoisotopic (exact) mass is 324 g/mol. The van der Waals surface area contributed by atoms with Gasteiger partial charge in [-0.2, -0.15) is 13.2 Å². The Morgan fingerprint density at radius 2 is 1.55 bits per heavy atom. The van der Waals surface area contributed by atoms with E-state index in [2.05, 4.69) is 0 Å². The van der Waals surface area contributed by atoms with E-state index in [1.54, 1.807) is 12.1 Å². The summed E-state index contributed by atoms with van der Waals surface area (Å²) in [6.07, 6.45) is -4.41. The summed E-state index contributed by atoms with van der Waals surface area (Å²) in [4.78, 5) is 12.5. The Hall–Kier alpha value is -1.75. The number of aryl methyl sites for hydroxylation is 3. The second-order valence-corrected chi connectivity index (χ2v) is 6.21. The van der Waals surface area contributed by atoms with Crippen LogP contribution in [-0.2, 0) is 6.18 Å². The maximum atomic E-state index is 12.9. The van der Waals surface area contributed by atoms with Gasteiger partial charge >= 0.3 is 6.18 Å². The lowest BCUT2D eigenvalue weighted by Crippen LogP contribution is -2.07. The summed E-state index contributed by atoms with van der Waals surface area (Å²) in [6, 6.07) is 9.23. The van der Waals surface area contributed by atoms with Gasteiger partial charge in [0.15, 0.2) is 0 Å². The molecule has 0 spiro atoms. The molecule has 5 heteroatoms. The van der Waals surface area contributed by atoms with E-state index in [4.69, 9.17) is 0 Å². The van der Waals surface area contributed by atoms with Crippen molar-refractivity contribution in [2.45, 2.75) is 31.8 Å². The number of carbonyl (C=O) groups excluding carboxylic acids is 1. The third kappa shape index (κ3) is 3.71. The number of alkyl halides is 3. The third-order valence-corrected chi connectivity index (χ3v) is 4.38. The lowest BCUT2D eigenvalue weighted by atomic mass is 10.1. The molecule has 0 atom stereocenters. The van der Waals surface area contributed by atoms with Gasteiger partial charge in [-0.25, -0.2) is 0 Å². The first-order chi connectivity index (χ1) is 10.2. The normalized spacial score (nSPS) is 11.5. The maximum absolute atomic E-state index is 12.9. The number of thioether (sulfide) groups is 1. The van der Waals surface area contributed by atoms with Gasteiger partial charge in [-0.3, -0.25) is 4.79 Å². The highest BCUT2D eigenvalue weighted by atomic mass is 32.2. The molecule has 0 aromatic heterocycles. The molecule has 22 heavy (non-hydrogen) atoms. The summed E-state index contributed by atoms with van der Waals surface area (Å²) in [6.45, 7) is 5.24. The zero-order valence-corrected chi connectivity index (χ0v) is 13.2. The first kappa shape index (κ1) is 16.6. The first-order valence-electron chi connectivity index (χ1n) is 6.66. The van der Waals surface area contributed by atoms with E-state index in [0.29, 0.717) is 10.5 Å². The largest absolute Gasteiger partial charge is 0.416 e. The Labute approximate surface area is 131 Å². The molecule has 0 amide bonds. The highest BCUT2D eigenvalue weighted by Crippen LogP contribution is 2.35. The van der Waals surface area contributed by atoms with Gasteiger partial charge in [0.2, 0.25) is 5.12 Å². The van der Waals surface area contributed by atoms with Crippen LogP contribution < -0.4 is 0 Å². The summed E-state index contributed by atoms with van der Waals surface area (Å²) in [7, 11) is 0. The van der Waals surface area contributed by atoms with Crippen molar-refractivity contribution in [3.05, 3.63) is 64.2 Å². The molecule has 0 aliphatic rings. The van der Waals surface area contributed by atoms with Crippen molar-refractivity contribution < 1.29 is 18.0 Å². The molecule has 0 aliphatic heterocycles. The fourth-order valence-corrected chi connectivity index (χ4v) is 2.78. The van der Waals surface area contributed by atoms with Crippen molar-refractivity contribution in [1.29, 1.82) is 0 Å². The summed E-state index contributed by atoms with van der Waals surface area (Å²) in [5.74, 6) is 0. The second-order valence-electron chi connectivity index (χ2n) is 5.16. The fraction of sp³-hybridized carbons (Fsp3) is 0.235. The predicted octanol–water partition coefficient (Wildman–Crippen LogP) is 5.56. The highest BCUT2D eigenvalue weighted by Gasteiger charge is 2.32. The van der Waals surface area contributed by atoms with E-state index in [1.807, 2.05) is 19.9 Å². The van der Waals surface area contributed by atoms with Crippen molar-refractivity contribution in [2.75, 3.05) is 0 Å². The molecular formula is C17H15F3OS. The average molecular weight is 324 g/mol. The second kappa shape index (κ2) is 6.16. The molecule has 0 aliphatic carbocycles. The number of hydrogen-bond acceptors (Lipinski definition) is 2. The quantitative estimate of drug-likeness (QED) is 0.672. The van der Waals surface area contributed by atoms with E-state index in [9.17, 15) is 18.0 Å². The van der Waals surface area contributed by atoms with Crippen molar-refractivity contribution >= 4 is 16.9 Å². The van der Waals surface area contributed by atoms with Gasteiger partial charge in [0.05, 0.1) is 5.56 Å². The maximum Gasteiger partial charge on any atom is 0.416 e. The summed E-state index contributed by atoms with van der Waals surface area (Å²) >= 11 is 0.811. The van der Waals surface area contributed by atoms with E-state index in [-0.39, 0.29) is 10.7 Å². The Bertz CT molecular complexity index is 720. The van der Waals surface area contributed by atoms with Crippen molar-refractivity contribution in [1.82, 2.24) is 0 Å². The van der Waals surface area contributed by atoms with Crippen LogP contribution in [0.5, 0.6) is 0 Å². The predicted molar refractivity (Wildman–Crippen MR) is 82.3 cm³/mol. The van der Waals surface area contributed by atoms with Gasteiger partial charge in [0.1, 0.15) is 0 Å². The molecule has 0 saturated heterocycles. The molecule has 0 bridgehead atoms. The lowest BCUT2D eigenvalue weighted by Gasteiger charge is -2.11. The van der Waals surface area contributed by atoms with Gasteiger partial charge in [-0.15, -0.1) is 0 Å². The van der Waals surface area contributed by atoms with Crippen LogP contribution in [0.25, 0.3) is 0 Å². The summed E-state index contributed by atoms with van der Waals surface area (Å²) in [5.41, 5.74) is 1.98. The third-order valence-electron chi connectivity index (χ3n) is 3.47. The van der Waals surface area contributed by atoms with Crippen LogP contribution >= 0.6 is 11.8 Å². The van der Waals surface area contributed by atoms with Crippen molar-refractivity contribution in [2.24, 2.45) is 0 Å². The van der Waals surface area contributed by atoms with Gasteiger partial charge in [0, 0.05) is 10.5 Å². The number of hydrogen-bond donors (Lipinski definition) is 0. The van der Waals surface area contributed by atoms with Crippen LogP contribution in [0.15, 0.2) is 41.3 Å². The van der Waals surface area contributed by atoms with Gasteiger partial charge in [-0.1, -0.05) is 18.2 Å². The summed E-state index contributed by atoms with van der Waals surface area (Å²) < 4.78 is 38.7. The van der Waals surface area contributed by atoms with Crippen molar-refractivity contribution in [3.63, 3.8) is 0 Å². The number of carbonyl (C=O) groups is 1. The minimum Gasteiger partial charge on any atom is -0.281 e. The zero-order valence-electron chi connectivity index (χ0n) is 12.4. The highest BCUT2D eigenvalue weighted by molar-refractivity contribution is 8.14. The van der Waals surface area contributed by atoms with E-state index in [1.165, 1.54) is 19.1 Å². The zero-order chi connectivity index (χ0) is 16.5. The molecule has 2 aromatic carbocycles. The Morgan fingerprint density at radius 3 is 2.14 bits per heavy atom. The van der Waals surface area contributed by atoms with Crippen molar-refractivity contribution in [3.8, 4) is 0 Å². The van der Waals surface area contributed by atoms with Gasteiger partial charge in [0.25, 0.3) is 0 Å². The van der Waals surface area contributed by atoms with Gasteiger partial charge in [-0.05, 0) is 67.4 Å². The van der Waals surface area contributed by atoms with Gasteiger partial charge < -0.3 is 0 Å². The van der Waals surface area contributed by atoms with Crippen LogP contribution in [0.4, 0.5) is 13.2 Å². The standard InChI is InChI=1S/C17H15F3OS/c1-10-4-6-13(8-12(10)3)16(21)22-14-7-5-11(2)15(9-14)17(18,19)20/h4-9H,1-3H3. The number of rotatable bonds is 2. The van der Waals surface area contributed by atoms with E-state index < -0.39 is 11.7 Å². The molecule has 0 unspecified atom stereocenters. The molecule has 1 nitrogen and oxygen atoms in total. The molecule has 2 rings (SSSR count). The van der Waals surface area contributed by atoms with E-state index in [0.717, 1.165) is 29.0 Å². The smallest absolute Gasteiger partial charge is 0.281 e. The lowest BCUT2D eigenvalue weighted by molar-refractivity contribution is -0.138. The van der Waals surface area contributed by atoms with Crippen LogP contribution in [0.3, 0.4) is 0 Å². The summed E-state index contributed by atoms with van der Waals surface area (Å²) in [5, 5.41) is -0.264. The van der Waals surface area contributed by atoms with E-state index >= 15 is 0 Å². The average Bonchev–Trinajstić information content (AvgIpc) is 2.42. The van der Waals surface area contributed by atoms with Crippen LogP contribution in [0.1, 0.15) is 32.6 Å². The minimum absolute atomic E-state index is 0.149. The Kier molecular flexibility index (Phi) is 4.66. The topological polar surface area (TPSA) is 17.1 Å². The van der Waals surface area contributed by atoms with Crippen LogP contribution in [0.2, 0.25) is 0 Å². The SMILES string of the molecule is Cc1ccc(C(=O)Sc2ccc(C)c(C(F)(F)F)c2)cc1C. The number of halogens is 3. The minimum atomic E-state index is -4.41.